The van der Waals surface area contributed by atoms with E-state index in [1.165, 1.54) is 4.90 Å². The number of amides is 1. The van der Waals surface area contributed by atoms with Gasteiger partial charge in [0.1, 0.15) is 22.7 Å². The summed E-state index contributed by atoms with van der Waals surface area (Å²) in [5.74, 6) is -0.750. The second kappa shape index (κ2) is 10.8. The predicted octanol–water partition coefficient (Wildman–Crippen LogP) is 5.76. The SMILES string of the molecule is CCCCC(C(=O)O)N1C(=O)/C(=C/c2cccc(OCc3ccc(Cl)cc3)c2)SC1=S. The number of nitrogens with zero attached hydrogens (tertiary/aromatic N) is 1. The van der Waals surface area contributed by atoms with Gasteiger partial charge in [-0.25, -0.2) is 4.79 Å². The lowest BCUT2D eigenvalue weighted by Gasteiger charge is -2.22. The van der Waals surface area contributed by atoms with E-state index in [1.807, 2.05) is 55.5 Å². The number of benzene rings is 2. The van der Waals surface area contributed by atoms with E-state index in [-0.39, 0.29) is 10.2 Å². The average Bonchev–Trinajstić information content (AvgIpc) is 3.01. The van der Waals surface area contributed by atoms with Gasteiger partial charge in [0.15, 0.2) is 0 Å². The molecule has 1 N–H and O–H groups in total. The standard InChI is InChI=1S/C23H22ClNO4S2/c1-2-3-7-19(22(27)28)25-21(26)20(31-23(25)30)13-16-5-4-6-18(12-16)29-14-15-8-10-17(24)11-9-15/h4-6,8-13,19H,2-3,7,14H2,1H3,(H,27,28)/b20-13-. The van der Waals surface area contributed by atoms with E-state index in [0.717, 1.165) is 29.3 Å². The Labute approximate surface area is 196 Å². The van der Waals surface area contributed by atoms with Crippen molar-refractivity contribution < 1.29 is 19.4 Å². The molecule has 1 unspecified atom stereocenters. The first kappa shape index (κ1) is 23.3. The molecule has 1 heterocycles. The topological polar surface area (TPSA) is 66.8 Å². The van der Waals surface area contributed by atoms with Crippen LogP contribution in [0.1, 0.15) is 37.3 Å². The number of ether oxygens (including phenoxy) is 1. The molecule has 0 aliphatic carbocycles. The van der Waals surface area contributed by atoms with Gasteiger partial charge in [-0.05, 0) is 47.9 Å². The molecule has 2 aromatic carbocycles. The van der Waals surface area contributed by atoms with E-state index in [9.17, 15) is 14.7 Å². The lowest BCUT2D eigenvalue weighted by Crippen LogP contribution is -2.43. The Morgan fingerprint density at radius 1 is 1.29 bits per heavy atom. The predicted molar refractivity (Wildman–Crippen MR) is 128 cm³/mol. The van der Waals surface area contributed by atoms with Crippen molar-refractivity contribution in [3.05, 3.63) is 69.6 Å². The molecule has 1 aliphatic rings. The molecule has 1 atom stereocenters. The van der Waals surface area contributed by atoms with Crippen molar-refractivity contribution >= 4 is 57.9 Å². The van der Waals surface area contributed by atoms with E-state index in [2.05, 4.69) is 0 Å². The van der Waals surface area contributed by atoms with Crippen molar-refractivity contribution in [1.29, 1.82) is 0 Å². The highest BCUT2D eigenvalue weighted by atomic mass is 35.5. The van der Waals surface area contributed by atoms with Crippen LogP contribution in [-0.2, 0) is 16.2 Å². The van der Waals surface area contributed by atoms with Crippen molar-refractivity contribution in [2.75, 3.05) is 0 Å². The first-order valence-corrected chi connectivity index (χ1v) is 11.5. The van der Waals surface area contributed by atoms with Gasteiger partial charge in [-0.3, -0.25) is 9.69 Å². The van der Waals surface area contributed by atoms with Crippen LogP contribution in [0.2, 0.25) is 5.02 Å². The second-order valence-electron chi connectivity index (χ2n) is 7.04. The number of carbonyl (C=O) groups is 2. The summed E-state index contributed by atoms with van der Waals surface area (Å²) < 4.78 is 6.12. The fraction of sp³-hybridized carbons (Fsp3) is 0.261. The van der Waals surface area contributed by atoms with Crippen molar-refractivity contribution in [3.8, 4) is 5.75 Å². The molecule has 31 heavy (non-hydrogen) atoms. The van der Waals surface area contributed by atoms with Crippen molar-refractivity contribution in [2.45, 2.75) is 38.8 Å². The van der Waals surface area contributed by atoms with Crippen LogP contribution in [0, 0.1) is 0 Å². The molecule has 0 spiro atoms. The Kier molecular flexibility index (Phi) is 8.12. The fourth-order valence-corrected chi connectivity index (χ4v) is 4.58. The minimum Gasteiger partial charge on any atom is -0.489 e. The zero-order valence-electron chi connectivity index (χ0n) is 16.9. The Morgan fingerprint density at radius 3 is 2.71 bits per heavy atom. The van der Waals surface area contributed by atoms with Crippen molar-refractivity contribution in [2.24, 2.45) is 0 Å². The van der Waals surface area contributed by atoms with Gasteiger partial charge < -0.3 is 9.84 Å². The number of carboxylic acids is 1. The summed E-state index contributed by atoms with van der Waals surface area (Å²) in [7, 11) is 0. The second-order valence-corrected chi connectivity index (χ2v) is 9.15. The summed E-state index contributed by atoms with van der Waals surface area (Å²) in [5.41, 5.74) is 1.76. The van der Waals surface area contributed by atoms with Gasteiger partial charge in [-0.2, -0.15) is 0 Å². The van der Waals surface area contributed by atoms with Gasteiger partial charge in [0, 0.05) is 5.02 Å². The summed E-state index contributed by atoms with van der Waals surface area (Å²) in [6.45, 7) is 2.37. The summed E-state index contributed by atoms with van der Waals surface area (Å²) in [6.07, 6.45) is 3.64. The maximum Gasteiger partial charge on any atom is 0.326 e. The molecule has 0 saturated carbocycles. The fourth-order valence-electron chi connectivity index (χ4n) is 3.10. The number of aliphatic carboxylic acids is 1. The number of unbranched alkanes of at least 4 members (excludes halogenated alkanes) is 1. The quantitative estimate of drug-likeness (QED) is 0.367. The molecule has 162 valence electrons. The molecule has 2 aromatic rings. The Balaban J connectivity index is 1.73. The highest BCUT2D eigenvalue weighted by molar-refractivity contribution is 8.26. The maximum absolute atomic E-state index is 12.9. The summed E-state index contributed by atoms with van der Waals surface area (Å²) in [6, 6.07) is 13.8. The number of thiocarbonyl (C=S) groups is 1. The highest BCUT2D eigenvalue weighted by Crippen LogP contribution is 2.35. The molecule has 0 aromatic heterocycles. The first-order valence-electron chi connectivity index (χ1n) is 9.86. The summed E-state index contributed by atoms with van der Waals surface area (Å²) in [4.78, 5) is 26.2. The highest BCUT2D eigenvalue weighted by Gasteiger charge is 2.40. The maximum atomic E-state index is 12.9. The van der Waals surface area contributed by atoms with E-state index in [0.29, 0.717) is 35.1 Å². The summed E-state index contributed by atoms with van der Waals surface area (Å²) in [5, 5.41) is 10.2. The Hall–Kier alpha value is -2.35. The molecule has 1 amide bonds. The Morgan fingerprint density at radius 2 is 2.03 bits per heavy atom. The van der Waals surface area contributed by atoms with Crippen LogP contribution in [0.5, 0.6) is 5.75 Å². The number of hydrogen-bond acceptors (Lipinski definition) is 5. The van der Waals surface area contributed by atoms with Crippen LogP contribution in [0.4, 0.5) is 0 Å². The van der Waals surface area contributed by atoms with Crippen molar-refractivity contribution in [1.82, 2.24) is 4.90 Å². The van der Waals surface area contributed by atoms with E-state index < -0.39 is 12.0 Å². The van der Waals surface area contributed by atoms with Crippen LogP contribution in [-0.4, -0.2) is 32.2 Å². The van der Waals surface area contributed by atoms with Gasteiger partial charge in [0.2, 0.25) is 0 Å². The van der Waals surface area contributed by atoms with Gasteiger partial charge in [-0.15, -0.1) is 0 Å². The molecule has 5 nitrogen and oxygen atoms in total. The lowest BCUT2D eigenvalue weighted by molar-refractivity contribution is -0.145. The smallest absolute Gasteiger partial charge is 0.326 e. The minimum atomic E-state index is -1.04. The van der Waals surface area contributed by atoms with Crippen LogP contribution in [0.15, 0.2) is 53.4 Å². The third kappa shape index (κ3) is 6.09. The third-order valence-electron chi connectivity index (χ3n) is 4.73. The molecule has 3 rings (SSSR count). The van der Waals surface area contributed by atoms with Crippen LogP contribution in [0.25, 0.3) is 6.08 Å². The normalized spacial score (nSPS) is 16.1. The van der Waals surface area contributed by atoms with Crippen LogP contribution < -0.4 is 4.74 Å². The van der Waals surface area contributed by atoms with E-state index in [4.69, 9.17) is 28.6 Å². The zero-order chi connectivity index (χ0) is 22.4. The molecule has 1 saturated heterocycles. The average molecular weight is 476 g/mol. The largest absolute Gasteiger partial charge is 0.489 e. The molecule has 0 radical (unpaired) electrons. The van der Waals surface area contributed by atoms with Gasteiger partial charge in [0.25, 0.3) is 5.91 Å². The van der Waals surface area contributed by atoms with Gasteiger partial charge in [0.05, 0.1) is 4.91 Å². The molecular formula is C23H22ClNO4S2. The Bertz CT molecular complexity index is 1010. The number of thioether (sulfide) groups is 1. The van der Waals surface area contributed by atoms with Gasteiger partial charge >= 0.3 is 5.97 Å². The molecular weight excluding hydrogens is 454 g/mol. The molecule has 1 aliphatic heterocycles. The molecule has 8 heteroatoms. The van der Waals surface area contributed by atoms with Gasteiger partial charge in [-0.1, -0.05) is 79.6 Å². The summed E-state index contributed by atoms with van der Waals surface area (Å²) >= 11 is 12.3. The third-order valence-corrected chi connectivity index (χ3v) is 6.31. The molecule has 1 fully saturated rings. The minimum absolute atomic E-state index is 0.273. The number of carbonyl (C=O) groups excluding carboxylic acids is 1. The van der Waals surface area contributed by atoms with Crippen LogP contribution in [0.3, 0.4) is 0 Å². The first-order chi connectivity index (χ1) is 14.9. The zero-order valence-corrected chi connectivity index (χ0v) is 19.3. The van der Waals surface area contributed by atoms with Crippen molar-refractivity contribution in [3.63, 3.8) is 0 Å². The monoisotopic (exact) mass is 475 g/mol. The van der Waals surface area contributed by atoms with E-state index in [1.54, 1.807) is 6.08 Å². The number of carboxylic acid groups (broad SMARTS) is 1. The number of hydrogen-bond donors (Lipinski definition) is 1. The van der Waals surface area contributed by atoms with Crippen LogP contribution >= 0.6 is 35.6 Å². The molecule has 0 bridgehead atoms. The number of rotatable bonds is 9. The number of halogens is 1. The lowest BCUT2D eigenvalue weighted by atomic mass is 10.1. The van der Waals surface area contributed by atoms with E-state index >= 15 is 0 Å².